The standard InChI is InChI=1S/C18H14BF/c20-18-13-11-17(12-14-18)19(15-7-3-1-4-8-15)16-9-5-2-6-10-16/h1-14H. The minimum Gasteiger partial charge on any atom is -0.207 e. The van der Waals surface area contributed by atoms with Crippen LogP contribution in [0.25, 0.3) is 0 Å². The van der Waals surface area contributed by atoms with Crippen LogP contribution in [0.5, 0.6) is 0 Å². The first-order valence-corrected chi connectivity index (χ1v) is 6.70. The van der Waals surface area contributed by atoms with E-state index in [0.29, 0.717) is 0 Å². The van der Waals surface area contributed by atoms with Crippen LogP contribution in [0.1, 0.15) is 0 Å². The molecular formula is C18H14BF. The molecule has 0 saturated carbocycles. The van der Waals surface area contributed by atoms with Crippen molar-refractivity contribution in [3.63, 3.8) is 0 Å². The lowest BCUT2D eigenvalue weighted by atomic mass is 9.37. The molecule has 3 rings (SSSR count). The Balaban J connectivity index is 2.11. The van der Waals surface area contributed by atoms with E-state index in [0.717, 1.165) is 5.46 Å². The molecule has 0 aliphatic carbocycles. The van der Waals surface area contributed by atoms with E-state index in [4.69, 9.17) is 0 Å². The molecule has 0 bridgehead atoms. The third kappa shape index (κ3) is 2.64. The van der Waals surface area contributed by atoms with Gasteiger partial charge in [-0.3, -0.25) is 0 Å². The molecule has 0 aromatic heterocycles. The number of benzene rings is 3. The van der Waals surface area contributed by atoms with Crippen molar-refractivity contribution in [2.45, 2.75) is 0 Å². The van der Waals surface area contributed by atoms with Gasteiger partial charge in [0.2, 0.25) is 6.71 Å². The molecule has 0 nitrogen and oxygen atoms in total. The molecule has 2 heteroatoms. The van der Waals surface area contributed by atoms with Crippen LogP contribution in [0.4, 0.5) is 4.39 Å². The first-order chi connectivity index (χ1) is 9.84. The summed E-state index contributed by atoms with van der Waals surface area (Å²) < 4.78 is 13.2. The minimum absolute atomic E-state index is 0.137. The smallest absolute Gasteiger partial charge is 0.207 e. The Bertz CT molecular complexity index is 623. The second-order valence-electron chi connectivity index (χ2n) is 4.81. The lowest BCUT2D eigenvalue weighted by Crippen LogP contribution is -2.51. The molecule has 0 aliphatic rings. The summed E-state index contributed by atoms with van der Waals surface area (Å²) in [7, 11) is 0. The van der Waals surface area contributed by atoms with Crippen molar-refractivity contribution in [1.82, 2.24) is 0 Å². The highest BCUT2D eigenvalue weighted by Gasteiger charge is 2.20. The molecule has 3 aromatic carbocycles. The van der Waals surface area contributed by atoms with E-state index in [1.165, 1.54) is 23.1 Å². The summed E-state index contributed by atoms with van der Waals surface area (Å²) in [6.07, 6.45) is 0. The van der Waals surface area contributed by atoms with Gasteiger partial charge in [-0.05, 0) is 12.1 Å². The summed E-state index contributed by atoms with van der Waals surface area (Å²) in [5, 5.41) is 0. The largest absolute Gasteiger partial charge is 0.241 e. The van der Waals surface area contributed by atoms with Gasteiger partial charge in [0.15, 0.2) is 0 Å². The Labute approximate surface area is 119 Å². The van der Waals surface area contributed by atoms with Crippen LogP contribution in [-0.4, -0.2) is 6.71 Å². The van der Waals surface area contributed by atoms with Gasteiger partial charge >= 0.3 is 0 Å². The Morgan fingerprint density at radius 2 is 0.900 bits per heavy atom. The molecule has 0 amide bonds. The molecule has 3 aromatic rings. The van der Waals surface area contributed by atoms with Crippen molar-refractivity contribution in [2.75, 3.05) is 0 Å². The predicted octanol–water partition coefficient (Wildman–Crippen LogP) is 2.34. The van der Waals surface area contributed by atoms with Gasteiger partial charge in [0.25, 0.3) is 0 Å². The van der Waals surface area contributed by atoms with Crippen LogP contribution < -0.4 is 16.4 Å². The summed E-state index contributed by atoms with van der Waals surface area (Å²) in [4.78, 5) is 0. The zero-order valence-electron chi connectivity index (χ0n) is 11.0. The van der Waals surface area contributed by atoms with Crippen LogP contribution in [-0.2, 0) is 0 Å². The second kappa shape index (κ2) is 5.75. The highest BCUT2D eigenvalue weighted by atomic mass is 19.1. The summed E-state index contributed by atoms with van der Waals surface area (Å²) in [6.45, 7) is 0.137. The van der Waals surface area contributed by atoms with E-state index in [1.807, 2.05) is 48.5 Å². The number of rotatable bonds is 3. The molecule has 0 saturated heterocycles. The molecular weight excluding hydrogens is 246 g/mol. The fourth-order valence-corrected chi connectivity index (χ4v) is 2.52. The Kier molecular flexibility index (Phi) is 3.64. The second-order valence-corrected chi connectivity index (χ2v) is 4.81. The van der Waals surface area contributed by atoms with Gasteiger partial charge in [0, 0.05) is 0 Å². The third-order valence-electron chi connectivity index (χ3n) is 3.47. The van der Waals surface area contributed by atoms with Gasteiger partial charge in [-0.1, -0.05) is 89.2 Å². The average molecular weight is 260 g/mol. The number of hydrogen-bond donors (Lipinski definition) is 0. The maximum Gasteiger partial charge on any atom is 0.241 e. The van der Waals surface area contributed by atoms with E-state index in [-0.39, 0.29) is 12.5 Å². The lowest BCUT2D eigenvalue weighted by molar-refractivity contribution is 0.628. The van der Waals surface area contributed by atoms with Crippen molar-refractivity contribution in [1.29, 1.82) is 0 Å². The fourth-order valence-electron chi connectivity index (χ4n) is 2.52. The molecule has 20 heavy (non-hydrogen) atoms. The summed E-state index contributed by atoms with van der Waals surface area (Å²) in [5.41, 5.74) is 3.53. The van der Waals surface area contributed by atoms with Crippen molar-refractivity contribution in [2.24, 2.45) is 0 Å². The van der Waals surface area contributed by atoms with Crippen LogP contribution in [0, 0.1) is 5.82 Å². The van der Waals surface area contributed by atoms with Crippen molar-refractivity contribution in [3.05, 3.63) is 90.7 Å². The molecule has 0 radical (unpaired) electrons. The molecule has 0 unspecified atom stereocenters. The van der Waals surface area contributed by atoms with E-state index in [2.05, 4.69) is 24.3 Å². The number of halogens is 1. The maximum atomic E-state index is 13.2. The van der Waals surface area contributed by atoms with Gasteiger partial charge < -0.3 is 0 Å². The lowest BCUT2D eigenvalue weighted by Gasteiger charge is -2.15. The van der Waals surface area contributed by atoms with Crippen LogP contribution >= 0.6 is 0 Å². The van der Waals surface area contributed by atoms with Crippen molar-refractivity contribution >= 4 is 23.1 Å². The van der Waals surface area contributed by atoms with Gasteiger partial charge in [-0.25, -0.2) is 4.39 Å². The fraction of sp³-hybridized carbons (Fsp3) is 0. The van der Waals surface area contributed by atoms with Crippen molar-refractivity contribution in [3.8, 4) is 0 Å². The highest BCUT2D eigenvalue weighted by molar-refractivity contribution is 6.95. The zero-order chi connectivity index (χ0) is 13.8. The first-order valence-electron chi connectivity index (χ1n) is 6.70. The van der Waals surface area contributed by atoms with Gasteiger partial charge in [-0.2, -0.15) is 0 Å². The number of hydrogen-bond acceptors (Lipinski definition) is 0. The van der Waals surface area contributed by atoms with Crippen LogP contribution in [0.15, 0.2) is 84.9 Å². The van der Waals surface area contributed by atoms with Gasteiger partial charge in [-0.15, -0.1) is 0 Å². The highest BCUT2D eigenvalue weighted by Crippen LogP contribution is 1.98. The van der Waals surface area contributed by atoms with E-state index >= 15 is 0 Å². The summed E-state index contributed by atoms with van der Waals surface area (Å²) >= 11 is 0. The molecule has 96 valence electrons. The van der Waals surface area contributed by atoms with E-state index in [1.54, 1.807) is 0 Å². The topological polar surface area (TPSA) is 0 Å². The van der Waals surface area contributed by atoms with Crippen molar-refractivity contribution < 1.29 is 4.39 Å². The Morgan fingerprint density at radius 3 is 1.35 bits per heavy atom. The monoisotopic (exact) mass is 260 g/mol. The first kappa shape index (κ1) is 12.7. The molecule has 0 heterocycles. The minimum atomic E-state index is -0.200. The zero-order valence-corrected chi connectivity index (χ0v) is 11.0. The Morgan fingerprint density at radius 1 is 0.500 bits per heavy atom. The van der Waals surface area contributed by atoms with Crippen LogP contribution in [0.3, 0.4) is 0 Å². The SMILES string of the molecule is Fc1ccc(B(c2ccccc2)c2ccccc2)cc1. The van der Waals surface area contributed by atoms with Crippen LogP contribution in [0.2, 0.25) is 0 Å². The molecule has 0 fully saturated rings. The normalized spacial score (nSPS) is 10.2. The maximum absolute atomic E-state index is 13.2. The average Bonchev–Trinajstić information content (AvgIpc) is 2.52. The molecule has 0 spiro atoms. The van der Waals surface area contributed by atoms with Gasteiger partial charge in [0.05, 0.1) is 0 Å². The van der Waals surface area contributed by atoms with E-state index in [9.17, 15) is 4.39 Å². The molecule has 0 atom stereocenters. The van der Waals surface area contributed by atoms with Gasteiger partial charge in [0.1, 0.15) is 5.82 Å². The summed E-state index contributed by atoms with van der Waals surface area (Å²) in [6, 6.07) is 27.4. The quantitative estimate of drug-likeness (QED) is 0.634. The van der Waals surface area contributed by atoms with E-state index < -0.39 is 0 Å². The molecule has 0 N–H and O–H groups in total. The third-order valence-corrected chi connectivity index (χ3v) is 3.47. The Hall–Kier alpha value is -2.35. The molecule has 0 aliphatic heterocycles. The predicted molar refractivity (Wildman–Crippen MR) is 83.9 cm³/mol. The summed E-state index contributed by atoms with van der Waals surface area (Å²) in [5.74, 6) is -0.200.